The van der Waals surface area contributed by atoms with Crippen LogP contribution in [0.1, 0.15) is 29.0 Å². The first-order chi connectivity index (χ1) is 13.5. The van der Waals surface area contributed by atoms with E-state index in [4.69, 9.17) is 4.74 Å². The zero-order valence-electron chi connectivity index (χ0n) is 16.4. The van der Waals surface area contributed by atoms with Crippen LogP contribution in [0.5, 0.6) is 0 Å². The zero-order valence-corrected chi connectivity index (χ0v) is 17.2. The second-order valence-corrected chi connectivity index (χ2v) is 8.17. The fourth-order valence-corrected chi connectivity index (χ4v) is 4.53. The number of rotatable bonds is 6. The number of quaternary nitrogens is 1. The smallest absolute Gasteiger partial charge is 0.309 e. The predicted octanol–water partition coefficient (Wildman–Crippen LogP) is 0.834. The van der Waals surface area contributed by atoms with E-state index in [2.05, 4.69) is 16.7 Å². The van der Waals surface area contributed by atoms with E-state index in [0.717, 1.165) is 37.4 Å². The van der Waals surface area contributed by atoms with Crippen molar-refractivity contribution in [3.05, 3.63) is 57.8 Å². The summed E-state index contributed by atoms with van der Waals surface area (Å²) in [5, 5.41) is 7.65. The molecule has 2 heterocycles. The highest BCUT2D eigenvalue weighted by Crippen LogP contribution is 2.20. The first kappa shape index (κ1) is 20.5. The van der Waals surface area contributed by atoms with Crippen LogP contribution >= 0.6 is 11.3 Å². The molecular weight excluding hydrogens is 374 g/mol. The van der Waals surface area contributed by atoms with Crippen molar-refractivity contribution in [2.45, 2.75) is 32.5 Å². The number of hydrogen-bond donors (Lipinski definition) is 3. The highest BCUT2D eigenvalue weighted by Gasteiger charge is 2.33. The van der Waals surface area contributed by atoms with E-state index < -0.39 is 11.8 Å². The number of aryl methyl sites for hydroxylation is 1. The lowest BCUT2D eigenvalue weighted by molar-refractivity contribution is -0.939. The van der Waals surface area contributed by atoms with Crippen LogP contribution < -0.4 is 15.5 Å². The third-order valence-corrected chi connectivity index (χ3v) is 6.02. The lowest BCUT2D eigenvalue weighted by Gasteiger charge is -2.34. The molecule has 3 N–H and O–H groups in total. The van der Waals surface area contributed by atoms with E-state index in [1.54, 1.807) is 11.3 Å². The first-order valence-electron chi connectivity index (χ1n) is 9.64. The SMILES string of the molecule is Cc1ccc(CNC(=O)C(=O)N[C@@H](C)[C@H](c2cccs2)[NH+]2CCOCC2)cc1. The third kappa shape index (κ3) is 5.41. The molecule has 1 fully saturated rings. The Balaban J connectivity index is 1.58. The summed E-state index contributed by atoms with van der Waals surface area (Å²) in [6.07, 6.45) is 0. The molecule has 0 radical (unpaired) electrons. The van der Waals surface area contributed by atoms with Crippen molar-refractivity contribution >= 4 is 23.2 Å². The van der Waals surface area contributed by atoms with Gasteiger partial charge < -0.3 is 20.3 Å². The van der Waals surface area contributed by atoms with Gasteiger partial charge in [-0.3, -0.25) is 9.59 Å². The topological polar surface area (TPSA) is 71.9 Å². The molecule has 1 saturated heterocycles. The van der Waals surface area contributed by atoms with Gasteiger partial charge in [0.15, 0.2) is 0 Å². The van der Waals surface area contributed by atoms with Crippen LogP contribution in [0.4, 0.5) is 0 Å². The van der Waals surface area contributed by atoms with Gasteiger partial charge in [0.2, 0.25) is 0 Å². The van der Waals surface area contributed by atoms with Gasteiger partial charge in [-0.1, -0.05) is 35.9 Å². The van der Waals surface area contributed by atoms with Gasteiger partial charge in [-0.05, 0) is 30.9 Å². The van der Waals surface area contributed by atoms with Crippen molar-refractivity contribution < 1.29 is 19.2 Å². The van der Waals surface area contributed by atoms with Gasteiger partial charge in [-0.2, -0.15) is 0 Å². The van der Waals surface area contributed by atoms with Crippen molar-refractivity contribution in [2.24, 2.45) is 0 Å². The average molecular weight is 403 g/mol. The summed E-state index contributed by atoms with van der Waals surface area (Å²) >= 11 is 1.68. The number of carbonyl (C=O) groups is 2. The van der Waals surface area contributed by atoms with Crippen LogP contribution in [0.15, 0.2) is 41.8 Å². The molecule has 0 unspecified atom stereocenters. The minimum atomic E-state index is -0.602. The summed E-state index contributed by atoms with van der Waals surface area (Å²) in [6, 6.07) is 11.9. The van der Waals surface area contributed by atoms with Gasteiger partial charge in [0.05, 0.1) is 24.1 Å². The van der Waals surface area contributed by atoms with Crippen molar-refractivity contribution in [1.82, 2.24) is 10.6 Å². The van der Waals surface area contributed by atoms with Gasteiger partial charge in [0, 0.05) is 6.54 Å². The van der Waals surface area contributed by atoms with Gasteiger partial charge >= 0.3 is 11.8 Å². The Morgan fingerprint density at radius 1 is 1.14 bits per heavy atom. The monoisotopic (exact) mass is 402 g/mol. The molecule has 7 heteroatoms. The molecule has 0 aliphatic carbocycles. The summed E-state index contributed by atoms with van der Waals surface area (Å²) in [4.78, 5) is 27.3. The number of carbonyl (C=O) groups excluding carboxylic acids is 2. The standard InChI is InChI=1S/C21H27N3O3S/c1-15-5-7-17(8-6-15)14-22-20(25)21(26)23-16(2)19(18-4-3-13-28-18)24-9-11-27-12-10-24/h3-8,13,16,19H,9-12,14H2,1-2H3,(H,22,25)(H,23,26)/p+1/t16-,19+/m0/s1. The van der Waals surface area contributed by atoms with Crippen molar-refractivity contribution in [1.29, 1.82) is 0 Å². The van der Waals surface area contributed by atoms with Crippen molar-refractivity contribution in [2.75, 3.05) is 26.3 Å². The van der Waals surface area contributed by atoms with E-state index in [1.807, 2.05) is 49.6 Å². The Morgan fingerprint density at radius 2 is 1.86 bits per heavy atom. The molecule has 2 atom stereocenters. The quantitative estimate of drug-likeness (QED) is 0.627. The largest absolute Gasteiger partial charge is 0.370 e. The van der Waals surface area contributed by atoms with Crippen LogP contribution in [0.3, 0.4) is 0 Å². The van der Waals surface area contributed by atoms with E-state index >= 15 is 0 Å². The third-order valence-electron chi connectivity index (χ3n) is 5.06. The average Bonchev–Trinajstić information content (AvgIpc) is 3.22. The normalized spacial score (nSPS) is 16.9. The van der Waals surface area contributed by atoms with Crippen molar-refractivity contribution in [3.8, 4) is 0 Å². The summed E-state index contributed by atoms with van der Waals surface area (Å²) in [5.41, 5.74) is 2.13. The fraction of sp³-hybridized carbons (Fsp3) is 0.429. The minimum absolute atomic E-state index is 0.109. The molecule has 0 saturated carbocycles. The Labute approximate surface area is 169 Å². The van der Waals surface area contributed by atoms with Crippen LogP contribution in [0.25, 0.3) is 0 Å². The summed E-state index contributed by atoms with van der Waals surface area (Å²) in [7, 11) is 0. The number of nitrogens with one attached hydrogen (secondary N) is 3. The second-order valence-electron chi connectivity index (χ2n) is 7.19. The fourth-order valence-electron chi connectivity index (χ4n) is 3.54. The van der Waals surface area contributed by atoms with Crippen molar-refractivity contribution in [3.63, 3.8) is 0 Å². The Kier molecular flexibility index (Phi) is 7.19. The first-order valence-corrected chi connectivity index (χ1v) is 10.5. The molecule has 2 aromatic rings. The molecule has 0 spiro atoms. The maximum absolute atomic E-state index is 12.4. The summed E-state index contributed by atoms with van der Waals surface area (Å²) < 4.78 is 5.48. The highest BCUT2D eigenvalue weighted by atomic mass is 32.1. The lowest BCUT2D eigenvalue weighted by atomic mass is 10.1. The van der Waals surface area contributed by atoms with Gasteiger partial charge in [-0.15, -0.1) is 11.3 Å². The number of benzene rings is 1. The van der Waals surface area contributed by atoms with Gasteiger partial charge in [0.1, 0.15) is 19.1 Å². The van der Waals surface area contributed by atoms with Crippen LogP contribution in [0, 0.1) is 6.92 Å². The Hall–Kier alpha value is -2.22. The molecule has 0 bridgehead atoms. The molecule has 1 aromatic carbocycles. The van der Waals surface area contributed by atoms with Gasteiger partial charge in [0.25, 0.3) is 0 Å². The maximum Gasteiger partial charge on any atom is 0.309 e. The second kappa shape index (κ2) is 9.82. The number of ether oxygens (including phenoxy) is 1. The molecule has 3 rings (SSSR count). The number of thiophene rings is 1. The van der Waals surface area contributed by atoms with Crippen LogP contribution in [0.2, 0.25) is 0 Å². The van der Waals surface area contributed by atoms with Crippen LogP contribution in [-0.4, -0.2) is 44.2 Å². The minimum Gasteiger partial charge on any atom is -0.370 e. The number of morpholine rings is 1. The van der Waals surface area contributed by atoms with E-state index in [0.29, 0.717) is 6.54 Å². The summed E-state index contributed by atoms with van der Waals surface area (Å²) in [5.74, 6) is -1.19. The molecule has 1 aromatic heterocycles. The molecular formula is C21H28N3O3S+. The molecule has 1 aliphatic heterocycles. The van der Waals surface area contributed by atoms with E-state index in [-0.39, 0.29) is 12.1 Å². The molecule has 28 heavy (non-hydrogen) atoms. The van der Waals surface area contributed by atoms with E-state index in [1.165, 1.54) is 9.78 Å². The Bertz CT molecular complexity index is 771. The molecule has 6 nitrogen and oxygen atoms in total. The number of amides is 2. The lowest BCUT2D eigenvalue weighted by Crippen LogP contribution is -3.15. The van der Waals surface area contributed by atoms with E-state index in [9.17, 15) is 9.59 Å². The highest BCUT2D eigenvalue weighted by molar-refractivity contribution is 7.10. The van der Waals surface area contributed by atoms with Gasteiger partial charge in [-0.25, -0.2) is 0 Å². The maximum atomic E-state index is 12.4. The number of hydrogen-bond acceptors (Lipinski definition) is 4. The predicted molar refractivity (Wildman–Crippen MR) is 109 cm³/mol. The Morgan fingerprint density at radius 3 is 2.50 bits per heavy atom. The molecule has 1 aliphatic rings. The summed E-state index contributed by atoms with van der Waals surface area (Å²) in [6.45, 7) is 7.54. The zero-order chi connectivity index (χ0) is 19.9. The molecule has 150 valence electrons. The molecule has 2 amide bonds. The van der Waals surface area contributed by atoms with Crippen LogP contribution in [-0.2, 0) is 20.9 Å².